The Morgan fingerprint density at radius 3 is 2.54 bits per heavy atom. The third-order valence-corrected chi connectivity index (χ3v) is 5.71. The molecule has 1 aliphatic heterocycles. The number of hydrogen-bond acceptors (Lipinski definition) is 6. The Balaban J connectivity index is 1.86. The molecule has 1 aliphatic rings. The van der Waals surface area contributed by atoms with Gasteiger partial charge in [0, 0.05) is 38.3 Å². The molecule has 0 spiro atoms. The first kappa shape index (κ1) is 26.0. The lowest BCUT2D eigenvalue weighted by atomic mass is 9.83. The summed E-state index contributed by atoms with van der Waals surface area (Å²) >= 11 is 0. The number of para-hydroxylation sites is 1. The van der Waals surface area contributed by atoms with Gasteiger partial charge >= 0.3 is 5.97 Å². The van der Waals surface area contributed by atoms with Crippen LogP contribution in [-0.4, -0.2) is 56.1 Å². The fourth-order valence-corrected chi connectivity index (χ4v) is 4.02. The van der Waals surface area contributed by atoms with Gasteiger partial charge in [-0.1, -0.05) is 30.3 Å². The first-order valence-corrected chi connectivity index (χ1v) is 11.7. The lowest BCUT2D eigenvalue weighted by Gasteiger charge is -2.34. The van der Waals surface area contributed by atoms with E-state index in [1.54, 1.807) is 21.0 Å². The number of benzene rings is 2. The minimum Gasteiger partial charge on any atom is -0.463 e. The van der Waals surface area contributed by atoms with Crippen LogP contribution < -0.4 is 10.1 Å². The molecule has 186 valence electrons. The second kappa shape index (κ2) is 12.7. The maximum atomic E-state index is 13.1. The van der Waals surface area contributed by atoms with Gasteiger partial charge in [-0.3, -0.25) is 9.59 Å². The second-order valence-electron chi connectivity index (χ2n) is 8.14. The zero-order valence-electron chi connectivity index (χ0n) is 20.4. The average molecular weight is 481 g/mol. The highest BCUT2D eigenvalue weighted by molar-refractivity contribution is 5.97. The molecule has 0 aromatic heterocycles. The van der Waals surface area contributed by atoms with Crippen molar-refractivity contribution in [1.29, 1.82) is 0 Å². The molecular formula is C27H32N2O6. The number of carbonyl (C=O) groups is 3. The van der Waals surface area contributed by atoms with Gasteiger partial charge in [0.25, 0.3) is 0 Å². The zero-order valence-corrected chi connectivity index (χ0v) is 20.4. The van der Waals surface area contributed by atoms with E-state index in [4.69, 9.17) is 14.2 Å². The molecule has 2 amide bonds. The van der Waals surface area contributed by atoms with Crippen molar-refractivity contribution in [2.75, 3.05) is 33.4 Å². The lowest BCUT2D eigenvalue weighted by Crippen LogP contribution is -2.44. The number of ether oxygens (including phenoxy) is 3. The maximum absolute atomic E-state index is 13.1. The number of methoxy groups -OCH3 is 1. The van der Waals surface area contributed by atoms with Crippen molar-refractivity contribution in [3.8, 4) is 11.5 Å². The van der Waals surface area contributed by atoms with Crippen molar-refractivity contribution < 1.29 is 28.6 Å². The predicted octanol–water partition coefficient (Wildman–Crippen LogP) is 3.78. The summed E-state index contributed by atoms with van der Waals surface area (Å²) in [5.41, 5.74) is 1.56. The summed E-state index contributed by atoms with van der Waals surface area (Å²) in [6, 6.07) is 16.7. The number of esters is 1. The highest BCUT2D eigenvalue weighted by Crippen LogP contribution is 2.38. The number of nitrogens with one attached hydrogen (secondary N) is 1. The third-order valence-electron chi connectivity index (χ3n) is 5.71. The van der Waals surface area contributed by atoms with Gasteiger partial charge in [0.05, 0.1) is 12.2 Å². The molecule has 1 unspecified atom stereocenters. The monoisotopic (exact) mass is 480 g/mol. The minimum atomic E-state index is -0.512. The van der Waals surface area contributed by atoms with Gasteiger partial charge in [0.2, 0.25) is 11.8 Å². The number of rotatable bonds is 11. The Hall–Kier alpha value is -3.65. The van der Waals surface area contributed by atoms with Crippen LogP contribution in [0.4, 0.5) is 0 Å². The van der Waals surface area contributed by atoms with Gasteiger partial charge in [0.1, 0.15) is 18.0 Å². The van der Waals surface area contributed by atoms with E-state index in [0.29, 0.717) is 42.3 Å². The fourth-order valence-electron chi connectivity index (χ4n) is 4.02. The quantitative estimate of drug-likeness (QED) is 0.389. The molecule has 8 heteroatoms. The Kier molecular flexibility index (Phi) is 9.43. The summed E-state index contributed by atoms with van der Waals surface area (Å²) in [5, 5.41) is 2.78. The van der Waals surface area contributed by atoms with Crippen molar-refractivity contribution in [2.24, 2.45) is 0 Å². The Bertz CT molecular complexity index is 1070. The number of carbonyl (C=O) groups excluding carboxylic acids is 3. The van der Waals surface area contributed by atoms with Crippen LogP contribution in [0.2, 0.25) is 0 Å². The molecule has 0 radical (unpaired) electrons. The van der Waals surface area contributed by atoms with Crippen LogP contribution in [0, 0.1) is 0 Å². The molecule has 0 saturated carbocycles. The van der Waals surface area contributed by atoms with Crippen molar-refractivity contribution in [2.45, 2.75) is 32.6 Å². The fraction of sp³-hybridized carbons (Fsp3) is 0.370. The van der Waals surface area contributed by atoms with Crippen LogP contribution in [0.25, 0.3) is 0 Å². The van der Waals surface area contributed by atoms with E-state index in [-0.39, 0.29) is 31.4 Å². The molecule has 35 heavy (non-hydrogen) atoms. The molecular weight excluding hydrogens is 448 g/mol. The van der Waals surface area contributed by atoms with E-state index in [9.17, 15) is 14.4 Å². The largest absolute Gasteiger partial charge is 0.463 e. The standard InChI is InChI=1S/C27H32N2O6/c1-4-34-27(32)26-19(2)29(18-24(30)28-14-9-15-33-3)25(31)17-23(26)20-10-8-13-22(16-20)35-21-11-6-5-7-12-21/h5-8,10-13,16,23H,4,9,14-15,17-18H2,1-3H3,(H,28,30). The van der Waals surface area contributed by atoms with Gasteiger partial charge in [-0.15, -0.1) is 0 Å². The molecule has 0 bridgehead atoms. The average Bonchev–Trinajstić information content (AvgIpc) is 2.85. The number of hydrogen-bond donors (Lipinski definition) is 1. The summed E-state index contributed by atoms with van der Waals surface area (Å²) in [6.45, 7) is 4.43. The highest BCUT2D eigenvalue weighted by atomic mass is 16.5. The molecule has 0 fully saturated rings. The second-order valence-corrected chi connectivity index (χ2v) is 8.14. The summed E-state index contributed by atoms with van der Waals surface area (Å²) in [5.74, 6) is -0.260. The highest BCUT2D eigenvalue weighted by Gasteiger charge is 2.37. The van der Waals surface area contributed by atoms with Gasteiger partial charge in [-0.2, -0.15) is 0 Å². The van der Waals surface area contributed by atoms with E-state index in [2.05, 4.69) is 5.32 Å². The van der Waals surface area contributed by atoms with Crippen LogP contribution in [0.3, 0.4) is 0 Å². The van der Waals surface area contributed by atoms with Crippen LogP contribution >= 0.6 is 0 Å². The summed E-state index contributed by atoms with van der Waals surface area (Å²) in [6.07, 6.45) is 0.708. The smallest absolute Gasteiger partial charge is 0.336 e. The maximum Gasteiger partial charge on any atom is 0.336 e. The van der Waals surface area contributed by atoms with Crippen LogP contribution in [0.1, 0.15) is 38.2 Å². The van der Waals surface area contributed by atoms with E-state index in [1.807, 2.05) is 54.6 Å². The van der Waals surface area contributed by atoms with Gasteiger partial charge in [-0.25, -0.2) is 4.79 Å². The van der Waals surface area contributed by atoms with Crippen molar-refractivity contribution in [3.63, 3.8) is 0 Å². The summed E-state index contributed by atoms with van der Waals surface area (Å²) in [7, 11) is 1.60. The SMILES string of the molecule is CCOC(=O)C1=C(C)N(CC(=O)NCCCOC)C(=O)CC1c1cccc(Oc2ccccc2)c1. The molecule has 2 aromatic rings. The van der Waals surface area contributed by atoms with E-state index < -0.39 is 11.9 Å². The first-order valence-electron chi connectivity index (χ1n) is 11.7. The van der Waals surface area contributed by atoms with Crippen molar-refractivity contribution >= 4 is 17.8 Å². The number of nitrogens with zero attached hydrogens (tertiary/aromatic N) is 1. The number of allylic oxidation sites excluding steroid dienone is 1. The van der Waals surface area contributed by atoms with Crippen LogP contribution in [0.5, 0.6) is 11.5 Å². The molecule has 8 nitrogen and oxygen atoms in total. The first-order chi connectivity index (χ1) is 16.9. The Labute approximate surface area is 205 Å². The van der Waals surface area contributed by atoms with Crippen molar-refractivity contribution in [3.05, 3.63) is 71.4 Å². The molecule has 1 N–H and O–H groups in total. The Morgan fingerprint density at radius 2 is 1.83 bits per heavy atom. The summed E-state index contributed by atoms with van der Waals surface area (Å²) in [4.78, 5) is 39.9. The molecule has 0 aliphatic carbocycles. The Morgan fingerprint density at radius 1 is 1.09 bits per heavy atom. The van der Waals surface area contributed by atoms with Crippen LogP contribution in [0.15, 0.2) is 65.9 Å². The number of amides is 2. The normalized spacial score (nSPS) is 15.7. The predicted molar refractivity (Wildman–Crippen MR) is 131 cm³/mol. The van der Waals surface area contributed by atoms with Gasteiger partial charge < -0.3 is 24.4 Å². The third kappa shape index (κ3) is 6.93. The van der Waals surface area contributed by atoms with E-state index in [0.717, 1.165) is 5.56 Å². The lowest BCUT2D eigenvalue weighted by molar-refractivity contribution is -0.141. The van der Waals surface area contributed by atoms with E-state index >= 15 is 0 Å². The minimum absolute atomic E-state index is 0.0389. The van der Waals surface area contributed by atoms with Crippen molar-refractivity contribution in [1.82, 2.24) is 10.2 Å². The topological polar surface area (TPSA) is 94.2 Å². The van der Waals surface area contributed by atoms with E-state index in [1.165, 1.54) is 4.90 Å². The molecule has 1 heterocycles. The zero-order chi connectivity index (χ0) is 25.2. The molecule has 0 saturated heterocycles. The van der Waals surface area contributed by atoms with Crippen LogP contribution in [-0.2, 0) is 23.9 Å². The van der Waals surface area contributed by atoms with Gasteiger partial charge in [0.15, 0.2) is 0 Å². The molecule has 1 atom stereocenters. The summed E-state index contributed by atoms with van der Waals surface area (Å²) < 4.78 is 16.3. The molecule has 3 rings (SSSR count). The van der Waals surface area contributed by atoms with Gasteiger partial charge in [-0.05, 0) is 50.1 Å². The molecule has 2 aromatic carbocycles.